The van der Waals surface area contributed by atoms with Gasteiger partial charge in [-0.1, -0.05) is 119 Å². The van der Waals surface area contributed by atoms with E-state index < -0.39 is 11.8 Å². The van der Waals surface area contributed by atoms with Gasteiger partial charge in [-0.15, -0.1) is 10.2 Å². The number of carbonyl (C=O) groups excluding carboxylic acids is 2. The van der Waals surface area contributed by atoms with Gasteiger partial charge < -0.3 is 24.1 Å². The van der Waals surface area contributed by atoms with Crippen LogP contribution in [0, 0.1) is 0 Å². The predicted molar refractivity (Wildman–Crippen MR) is 271 cm³/mol. The average Bonchev–Trinajstić information content (AvgIpc) is 4.11. The first-order valence-electron chi connectivity index (χ1n) is 21.7. The lowest BCUT2D eigenvalue weighted by molar-refractivity contribution is -0.0656. The maximum Gasteiger partial charge on any atom is 0.317 e. The van der Waals surface area contributed by atoms with Crippen LogP contribution in [0.3, 0.4) is 0 Å². The molecule has 3 N–H and O–H groups in total. The molecule has 0 saturated carbocycles. The van der Waals surface area contributed by atoms with Gasteiger partial charge in [-0.05, 0) is 102 Å². The van der Waals surface area contributed by atoms with E-state index in [-0.39, 0.29) is 57.2 Å². The summed E-state index contributed by atoms with van der Waals surface area (Å²) in [4.78, 5) is 33.3. The van der Waals surface area contributed by atoms with E-state index in [1.807, 2.05) is 84.9 Å². The fraction of sp³-hybridized carbons (Fsp3) is 0.0769. The highest BCUT2D eigenvalue weighted by atomic mass is 35.5. The monoisotopic (exact) mass is 1060 g/mol. The highest BCUT2D eigenvalue weighted by Crippen LogP contribution is 2.37. The lowest BCUT2D eigenvalue weighted by atomic mass is 10.2. The minimum absolute atomic E-state index is 0.0272. The molecule has 2 aromatic heterocycles. The number of halogens is 4. The standard InChI is InChI=1S/C30H24Cl2N4O5.C22H16Cl2N4O4/c1-39-23-11-9-21(10-12-23)18-40-28-26(31)15-22(16-27(28)32)35-19-33-29(34-35)30(37)36(38)17-20-7-13-25(14-8-20)41-24-5-3-2-4-6-24;23-18-10-15(11-19(24)20(18)29)27-13-25-21(26-27)22(30)28(31)12-14-6-8-17(9-7-14)32-16-4-2-1-3-5-16/h2-16,19,38H,17-18H2,1H3;1-11,13,29,31H,12H2. The second kappa shape index (κ2) is 23.8. The largest absolute Gasteiger partial charge is 0.505 e. The van der Waals surface area contributed by atoms with Crippen molar-refractivity contribution in [3.63, 3.8) is 0 Å². The Balaban J connectivity index is 0.000000201. The molecule has 0 atom stereocenters. The molecule has 0 saturated heterocycles. The molecule has 0 bridgehead atoms. The molecule has 0 unspecified atom stereocenters. The van der Waals surface area contributed by atoms with Crippen molar-refractivity contribution >= 4 is 58.2 Å². The number of para-hydroxylation sites is 2. The zero-order valence-corrected chi connectivity index (χ0v) is 41.2. The van der Waals surface area contributed by atoms with Crippen LogP contribution >= 0.6 is 46.4 Å². The van der Waals surface area contributed by atoms with Crippen molar-refractivity contribution in [1.82, 2.24) is 39.7 Å². The van der Waals surface area contributed by atoms with E-state index >= 15 is 0 Å². The van der Waals surface area contributed by atoms with Crippen LogP contribution in [0.2, 0.25) is 20.1 Å². The summed E-state index contributed by atoms with van der Waals surface area (Å²) in [5, 5.41) is 40.2. The zero-order valence-electron chi connectivity index (χ0n) is 38.2. The van der Waals surface area contributed by atoms with Gasteiger partial charge in [-0.3, -0.25) is 20.0 Å². The minimum atomic E-state index is -0.788. The van der Waals surface area contributed by atoms with Crippen molar-refractivity contribution in [3.05, 3.63) is 219 Å². The fourth-order valence-corrected chi connectivity index (χ4v) is 7.70. The molecule has 370 valence electrons. The summed E-state index contributed by atoms with van der Waals surface area (Å²) in [6, 6.07) is 46.1. The number of ether oxygens (including phenoxy) is 4. The van der Waals surface area contributed by atoms with E-state index in [1.54, 1.807) is 67.8 Å². The van der Waals surface area contributed by atoms with E-state index in [9.17, 15) is 25.1 Å². The molecule has 17 nitrogen and oxygen atoms in total. The fourth-order valence-electron chi connectivity index (χ4n) is 6.64. The lowest BCUT2D eigenvalue weighted by Crippen LogP contribution is -2.28. The summed E-state index contributed by atoms with van der Waals surface area (Å²) in [5.74, 6) is 1.48. The van der Waals surface area contributed by atoms with Gasteiger partial charge in [0.1, 0.15) is 48.0 Å². The number of rotatable bonds is 16. The van der Waals surface area contributed by atoms with Gasteiger partial charge in [0.25, 0.3) is 0 Å². The third-order valence-corrected chi connectivity index (χ3v) is 11.5. The second-order valence-corrected chi connectivity index (χ2v) is 17.1. The first kappa shape index (κ1) is 51.2. The summed E-state index contributed by atoms with van der Waals surface area (Å²) in [7, 11) is 1.60. The van der Waals surface area contributed by atoms with E-state index in [4.69, 9.17) is 65.4 Å². The molecule has 2 heterocycles. The molecule has 0 fully saturated rings. The van der Waals surface area contributed by atoms with Crippen molar-refractivity contribution in [1.29, 1.82) is 0 Å². The van der Waals surface area contributed by atoms with Crippen LogP contribution in [-0.2, 0) is 19.7 Å². The van der Waals surface area contributed by atoms with Crippen LogP contribution in [-0.4, -0.2) is 74.1 Å². The Morgan fingerprint density at radius 2 is 0.890 bits per heavy atom. The molecule has 0 aliphatic heterocycles. The Labute approximate surface area is 437 Å². The van der Waals surface area contributed by atoms with Gasteiger partial charge in [0.2, 0.25) is 11.6 Å². The molecule has 0 aliphatic rings. The first-order valence-corrected chi connectivity index (χ1v) is 23.2. The smallest absolute Gasteiger partial charge is 0.317 e. The highest BCUT2D eigenvalue weighted by Gasteiger charge is 2.22. The molecular formula is C52H40Cl4N8O9. The predicted octanol–water partition coefficient (Wildman–Crippen LogP) is 12.1. The maximum atomic E-state index is 12.8. The van der Waals surface area contributed by atoms with E-state index in [2.05, 4.69) is 20.2 Å². The Morgan fingerprint density at radius 3 is 1.30 bits per heavy atom. The summed E-state index contributed by atoms with van der Waals surface area (Å²) in [6.45, 7) is 0.104. The Hall–Kier alpha value is -8.16. The molecule has 7 aromatic carbocycles. The third kappa shape index (κ3) is 13.4. The normalized spacial score (nSPS) is 10.7. The van der Waals surface area contributed by atoms with E-state index in [0.717, 1.165) is 11.3 Å². The van der Waals surface area contributed by atoms with Crippen molar-refractivity contribution < 1.29 is 44.1 Å². The van der Waals surface area contributed by atoms with Crippen LogP contribution in [0.4, 0.5) is 0 Å². The summed E-state index contributed by atoms with van der Waals surface area (Å²) in [6.07, 6.45) is 2.60. The molecule has 9 rings (SSSR count). The summed E-state index contributed by atoms with van der Waals surface area (Å²) in [5.41, 5.74) is 3.12. The summed E-state index contributed by atoms with van der Waals surface area (Å²) >= 11 is 24.7. The van der Waals surface area contributed by atoms with Gasteiger partial charge in [0.15, 0.2) is 11.5 Å². The number of amides is 2. The summed E-state index contributed by atoms with van der Waals surface area (Å²) < 4.78 is 25.1. The number of hydroxylamine groups is 4. The van der Waals surface area contributed by atoms with Gasteiger partial charge in [0, 0.05) is 0 Å². The molecule has 21 heteroatoms. The van der Waals surface area contributed by atoms with Gasteiger partial charge >= 0.3 is 11.8 Å². The number of methoxy groups -OCH3 is 1. The second-order valence-electron chi connectivity index (χ2n) is 15.5. The molecule has 2 amide bonds. The number of phenols is 1. The Bertz CT molecular complexity index is 3270. The molecule has 0 aliphatic carbocycles. The number of hydrogen-bond acceptors (Lipinski definition) is 13. The zero-order chi connectivity index (χ0) is 51.4. The number of benzene rings is 7. The van der Waals surface area contributed by atoms with Crippen LogP contribution in [0.25, 0.3) is 11.4 Å². The van der Waals surface area contributed by atoms with Crippen molar-refractivity contribution in [2.45, 2.75) is 19.7 Å². The first-order chi connectivity index (χ1) is 35.3. The van der Waals surface area contributed by atoms with Gasteiger partial charge in [-0.25, -0.2) is 29.5 Å². The van der Waals surface area contributed by atoms with Crippen LogP contribution in [0.15, 0.2) is 170 Å². The average molecular weight is 1060 g/mol. The van der Waals surface area contributed by atoms with Crippen LogP contribution in [0.1, 0.15) is 37.9 Å². The molecular weight excluding hydrogens is 1020 g/mol. The number of hydrogen-bond donors (Lipinski definition) is 3. The van der Waals surface area contributed by atoms with Crippen molar-refractivity contribution in [3.8, 4) is 51.6 Å². The topological polar surface area (TPSA) is 200 Å². The quantitative estimate of drug-likeness (QED) is 0.0610. The highest BCUT2D eigenvalue weighted by molar-refractivity contribution is 6.38. The van der Waals surface area contributed by atoms with E-state index in [0.29, 0.717) is 61.4 Å². The minimum Gasteiger partial charge on any atom is -0.505 e. The molecule has 0 radical (unpaired) electrons. The SMILES string of the molecule is COc1ccc(COc2c(Cl)cc(-n3cnc(C(=O)N(O)Cc4ccc(Oc5ccccc5)cc4)n3)cc2Cl)cc1.O=C(c1ncn(-c2cc(Cl)c(O)c(Cl)c2)n1)N(O)Cc1ccc(Oc2ccccc2)cc1. The van der Waals surface area contributed by atoms with Crippen molar-refractivity contribution in [2.75, 3.05) is 7.11 Å². The van der Waals surface area contributed by atoms with Gasteiger partial charge in [0.05, 0.1) is 51.7 Å². The maximum absolute atomic E-state index is 12.8. The van der Waals surface area contributed by atoms with Crippen molar-refractivity contribution in [2.24, 2.45) is 0 Å². The van der Waals surface area contributed by atoms with Crippen LogP contribution < -0.4 is 18.9 Å². The Kier molecular flexibility index (Phi) is 16.7. The Morgan fingerprint density at radius 1 is 0.521 bits per heavy atom. The van der Waals surface area contributed by atoms with E-state index in [1.165, 1.54) is 34.2 Å². The number of aromatic nitrogens is 6. The van der Waals surface area contributed by atoms with Gasteiger partial charge in [-0.2, -0.15) is 0 Å². The molecule has 73 heavy (non-hydrogen) atoms. The lowest BCUT2D eigenvalue weighted by Gasteiger charge is -2.14. The van der Waals surface area contributed by atoms with Crippen LogP contribution in [0.5, 0.6) is 40.2 Å². The number of carbonyl (C=O) groups is 2. The third-order valence-electron chi connectivity index (χ3n) is 10.4. The number of nitrogens with zero attached hydrogens (tertiary/aromatic N) is 8. The molecule has 9 aromatic rings. The number of phenolic OH excluding ortho intramolecular Hbond substituents is 1. The molecule has 0 spiro atoms. The number of aromatic hydroxyl groups is 1.